The van der Waals surface area contributed by atoms with Crippen LogP contribution in [0.2, 0.25) is 0 Å². The van der Waals surface area contributed by atoms with Crippen LogP contribution in [0.1, 0.15) is 45.2 Å². The van der Waals surface area contributed by atoms with Crippen LogP contribution in [-0.4, -0.2) is 38.1 Å². The van der Waals surface area contributed by atoms with E-state index in [9.17, 15) is 14.1 Å². The Morgan fingerprint density at radius 1 is 1.13 bits per heavy atom. The lowest BCUT2D eigenvalue weighted by molar-refractivity contribution is -0.00447. The predicted octanol–water partition coefficient (Wildman–Crippen LogP) is 5.19. The van der Waals surface area contributed by atoms with Crippen molar-refractivity contribution in [3.05, 3.63) is 77.2 Å². The zero-order valence-electron chi connectivity index (χ0n) is 19.0. The third-order valence-electron chi connectivity index (χ3n) is 4.81. The lowest BCUT2D eigenvalue weighted by atomic mass is 10.1. The highest BCUT2D eigenvalue weighted by molar-refractivity contribution is 7.89. The van der Waals surface area contributed by atoms with Crippen LogP contribution in [0.25, 0.3) is 0 Å². The number of aliphatic hydroxyl groups is 1. The molecule has 168 valence electrons. The van der Waals surface area contributed by atoms with Gasteiger partial charge >= 0.3 is 6.09 Å². The van der Waals surface area contributed by atoms with Gasteiger partial charge in [0.05, 0.1) is 22.9 Å². The molecular weight excluding hydrogens is 410 g/mol. The number of carbonyl (C=O) groups excluding carboxylic acids is 1. The monoisotopic (exact) mass is 443 g/mol. The van der Waals surface area contributed by atoms with Crippen molar-refractivity contribution in [3.63, 3.8) is 0 Å². The van der Waals surface area contributed by atoms with Gasteiger partial charge in [0.1, 0.15) is 5.60 Å². The van der Waals surface area contributed by atoms with Crippen LogP contribution in [0.15, 0.2) is 71.0 Å². The highest BCUT2D eigenvalue weighted by atomic mass is 32.2. The maximum absolute atomic E-state index is 12.9. The van der Waals surface area contributed by atoms with Crippen LogP contribution in [0, 0.1) is 6.92 Å². The van der Waals surface area contributed by atoms with E-state index in [1.807, 2.05) is 49.4 Å². The lowest BCUT2D eigenvalue weighted by Crippen LogP contribution is -2.47. The quantitative estimate of drug-likeness (QED) is 0.609. The molecule has 0 unspecified atom stereocenters. The molecule has 0 radical (unpaired) electrons. The molecule has 5 nitrogen and oxygen atoms in total. The summed E-state index contributed by atoms with van der Waals surface area (Å²) in [6, 6.07) is 16.4. The van der Waals surface area contributed by atoms with Crippen molar-refractivity contribution in [1.82, 2.24) is 4.90 Å². The normalized spacial score (nSPS) is 14.4. The first kappa shape index (κ1) is 24.8. The Labute approximate surface area is 188 Å². The van der Waals surface area contributed by atoms with E-state index >= 15 is 0 Å². The fraction of sp³-hybridized carbons (Fsp3) is 0.400. The van der Waals surface area contributed by atoms with Gasteiger partial charge in [-0.1, -0.05) is 54.6 Å². The number of nitrogens with zero attached hydrogens (tertiary/aromatic N) is 1. The fourth-order valence-electron chi connectivity index (χ4n) is 2.99. The van der Waals surface area contributed by atoms with Gasteiger partial charge in [-0.05, 0) is 52.3 Å². The van der Waals surface area contributed by atoms with Crippen molar-refractivity contribution in [2.45, 2.75) is 70.2 Å². The van der Waals surface area contributed by atoms with Gasteiger partial charge in [0, 0.05) is 22.8 Å². The molecule has 0 aromatic heterocycles. The van der Waals surface area contributed by atoms with E-state index in [-0.39, 0.29) is 6.42 Å². The van der Waals surface area contributed by atoms with E-state index in [0.717, 1.165) is 11.1 Å². The van der Waals surface area contributed by atoms with Crippen LogP contribution >= 0.6 is 0 Å². The summed E-state index contributed by atoms with van der Waals surface area (Å²) < 4.78 is 18.4. The van der Waals surface area contributed by atoms with Crippen LogP contribution in [0.4, 0.5) is 4.79 Å². The molecular formula is C25H33NO4S. The zero-order chi connectivity index (χ0) is 23.2. The largest absolute Gasteiger partial charge is 0.444 e. The standard InChI is InChI=1S/C25H33NO4S/c1-18-12-14-22(15-13-18)31(29)19(2)16-23(27)20(3)26(24(28)30-25(4,5)6)17-21-10-8-7-9-11-21/h7-15,20,23,27H,2,16-17H2,1,3-6H3/t20-,23+,31+/m0/s1. The Morgan fingerprint density at radius 2 is 1.71 bits per heavy atom. The molecule has 3 atom stereocenters. The smallest absolute Gasteiger partial charge is 0.410 e. The van der Waals surface area contributed by atoms with Gasteiger partial charge in [0.2, 0.25) is 0 Å². The molecule has 0 aliphatic heterocycles. The van der Waals surface area contributed by atoms with Gasteiger partial charge < -0.3 is 9.84 Å². The Balaban J connectivity index is 2.14. The minimum absolute atomic E-state index is 0.107. The third-order valence-corrected chi connectivity index (χ3v) is 6.20. The van der Waals surface area contributed by atoms with E-state index < -0.39 is 34.6 Å². The number of aliphatic hydroxyl groups excluding tert-OH is 1. The Kier molecular flexibility index (Phi) is 8.60. The minimum atomic E-state index is -1.44. The second-order valence-electron chi connectivity index (χ2n) is 8.73. The number of aryl methyl sites for hydroxylation is 1. The molecule has 1 N–H and O–H groups in total. The van der Waals surface area contributed by atoms with E-state index in [4.69, 9.17) is 4.74 Å². The van der Waals surface area contributed by atoms with Gasteiger partial charge in [-0.25, -0.2) is 9.00 Å². The summed E-state index contributed by atoms with van der Waals surface area (Å²) in [6.45, 7) is 13.4. The summed E-state index contributed by atoms with van der Waals surface area (Å²) in [5.41, 5.74) is 1.34. The first-order valence-electron chi connectivity index (χ1n) is 10.4. The molecule has 0 spiro atoms. The van der Waals surface area contributed by atoms with Gasteiger partial charge in [0.25, 0.3) is 0 Å². The van der Waals surface area contributed by atoms with E-state index in [2.05, 4.69) is 6.58 Å². The number of rotatable bonds is 8. The highest BCUT2D eigenvalue weighted by Crippen LogP contribution is 2.23. The summed E-state index contributed by atoms with van der Waals surface area (Å²) >= 11 is 0. The fourth-order valence-corrected chi connectivity index (χ4v) is 4.03. The van der Waals surface area contributed by atoms with Crippen molar-refractivity contribution in [2.75, 3.05) is 0 Å². The average molecular weight is 444 g/mol. The number of benzene rings is 2. The van der Waals surface area contributed by atoms with Crippen LogP contribution in [0.3, 0.4) is 0 Å². The summed E-state index contributed by atoms with van der Waals surface area (Å²) in [5.74, 6) is 0. The molecule has 1 amide bonds. The molecule has 0 heterocycles. The molecule has 2 aromatic carbocycles. The van der Waals surface area contributed by atoms with Gasteiger partial charge in [-0.15, -0.1) is 0 Å². The molecule has 31 heavy (non-hydrogen) atoms. The van der Waals surface area contributed by atoms with E-state index in [0.29, 0.717) is 16.3 Å². The van der Waals surface area contributed by atoms with Crippen LogP contribution in [-0.2, 0) is 22.1 Å². The Morgan fingerprint density at radius 3 is 2.26 bits per heavy atom. The predicted molar refractivity (Wildman–Crippen MR) is 125 cm³/mol. The number of carbonyl (C=O) groups is 1. The van der Waals surface area contributed by atoms with Crippen molar-refractivity contribution >= 4 is 16.9 Å². The van der Waals surface area contributed by atoms with Gasteiger partial charge in [-0.3, -0.25) is 4.90 Å². The van der Waals surface area contributed by atoms with Gasteiger partial charge in [-0.2, -0.15) is 0 Å². The van der Waals surface area contributed by atoms with Crippen molar-refractivity contribution in [1.29, 1.82) is 0 Å². The summed E-state index contributed by atoms with van der Waals surface area (Å²) in [6.07, 6.45) is -1.35. The molecule has 6 heteroatoms. The molecule has 0 aliphatic carbocycles. The first-order valence-corrected chi connectivity index (χ1v) is 11.5. The maximum Gasteiger partial charge on any atom is 0.410 e. The molecule has 0 saturated heterocycles. The Bertz CT molecular complexity index is 903. The number of hydrogen-bond donors (Lipinski definition) is 1. The van der Waals surface area contributed by atoms with Crippen molar-refractivity contribution in [2.24, 2.45) is 0 Å². The number of hydrogen-bond acceptors (Lipinski definition) is 4. The van der Waals surface area contributed by atoms with Crippen molar-refractivity contribution in [3.8, 4) is 0 Å². The third kappa shape index (κ3) is 7.64. The number of ether oxygens (including phenoxy) is 1. The zero-order valence-corrected chi connectivity index (χ0v) is 19.8. The summed E-state index contributed by atoms with van der Waals surface area (Å²) in [4.78, 5) is 15.5. The van der Waals surface area contributed by atoms with Gasteiger partial charge in [0.15, 0.2) is 0 Å². The molecule has 0 bridgehead atoms. The Hall–Kier alpha value is -2.44. The van der Waals surface area contributed by atoms with Crippen LogP contribution in [0.5, 0.6) is 0 Å². The second-order valence-corrected chi connectivity index (χ2v) is 10.3. The number of amides is 1. The summed E-state index contributed by atoms with van der Waals surface area (Å²) in [7, 11) is -1.44. The molecule has 2 rings (SSSR count). The average Bonchev–Trinajstić information content (AvgIpc) is 2.70. The lowest BCUT2D eigenvalue weighted by Gasteiger charge is -2.34. The topological polar surface area (TPSA) is 66.8 Å². The SMILES string of the molecule is C=C(C[C@@H](O)[C@H](C)N(Cc1ccccc1)C(=O)OC(C)(C)C)[S@@](=O)c1ccc(C)cc1. The van der Waals surface area contributed by atoms with E-state index in [1.54, 1.807) is 39.8 Å². The van der Waals surface area contributed by atoms with Crippen LogP contribution < -0.4 is 0 Å². The minimum Gasteiger partial charge on any atom is -0.444 e. The molecule has 0 fully saturated rings. The molecule has 0 saturated carbocycles. The molecule has 2 aromatic rings. The highest BCUT2D eigenvalue weighted by Gasteiger charge is 2.31. The van der Waals surface area contributed by atoms with E-state index in [1.165, 1.54) is 4.90 Å². The maximum atomic E-state index is 12.9. The molecule has 0 aliphatic rings. The second kappa shape index (κ2) is 10.7. The first-order chi connectivity index (χ1) is 14.5. The summed E-state index contributed by atoms with van der Waals surface area (Å²) in [5, 5.41) is 10.9. The van der Waals surface area contributed by atoms with Crippen molar-refractivity contribution < 1.29 is 18.8 Å².